The van der Waals surface area contributed by atoms with E-state index in [0.717, 1.165) is 27.7 Å². The summed E-state index contributed by atoms with van der Waals surface area (Å²) in [7, 11) is 1.77. The quantitative estimate of drug-likeness (QED) is 0.613. The van der Waals surface area contributed by atoms with Crippen LogP contribution < -0.4 is 10.2 Å². The first-order valence-electron chi connectivity index (χ1n) is 10.4. The molecule has 0 aliphatic carbocycles. The number of hydrogen-bond donors (Lipinski definition) is 2. The van der Waals surface area contributed by atoms with Crippen LogP contribution >= 0.6 is 0 Å². The first-order chi connectivity index (χ1) is 15.0. The summed E-state index contributed by atoms with van der Waals surface area (Å²) in [6, 6.07) is 9.54. The predicted molar refractivity (Wildman–Crippen MR) is 120 cm³/mol. The molecule has 1 aliphatic rings. The summed E-state index contributed by atoms with van der Waals surface area (Å²) in [5.74, 6) is -2.78. The second-order valence-corrected chi connectivity index (χ2v) is 8.89. The van der Waals surface area contributed by atoms with Crippen molar-refractivity contribution in [3.63, 3.8) is 0 Å². The van der Waals surface area contributed by atoms with Gasteiger partial charge in [0.05, 0.1) is 17.2 Å². The van der Waals surface area contributed by atoms with Gasteiger partial charge in [-0.2, -0.15) is 13.9 Å². The molecular formula is C24H26F2N4O2. The molecule has 0 spiro atoms. The van der Waals surface area contributed by atoms with Gasteiger partial charge < -0.3 is 15.3 Å². The smallest absolute Gasteiger partial charge is 0.295 e. The molecule has 2 heterocycles. The van der Waals surface area contributed by atoms with Crippen LogP contribution in [0.1, 0.15) is 49.2 Å². The molecule has 0 radical (unpaired) electrons. The second kappa shape index (κ2) is 7.48. The summed E-state index contributed by atoms with van der Waals surface area (Å²) in [5, 5.41) is 22.6. The summed E-state index contributed by atoms with van der Waals surface area (Å²) in [4.78, 5) is 14.4. The molecular weight excluding hydrogens is 414 g/mol. The monoisotopic (exact) mass is 440 g/mol. The second-order valence-electron chi connectivity index (χ2n) is 8.89. The van der Waals surface area contributed by atoms with E-state index in [2.05, 4.69) is 15.5 Å². The van der Waals surface area contributed by atoms with Gasteiger partial charge in [-0.3, -0.25) is 4.79 Å². The molecule has 0 saturated heterocycles. The average molecular weight is 440 g/mol. The lowest BCUT2D eigenvalue weighted by Crippen LogP contribution is -2.33. The number of likely N-dealkylation sites (N-methyl/N-ethyl adjacent to an activating group) is 1. The SMILES string of the molecule is Cc1nnc(N[C@H](C)c2cccc(C(F)(F)CO)c2)c2cc3c(cc12)N(C)C(=O)C3(C)C. The van der Waals surface area contributed by atoms with Crippen molar-refractivity contribution in [2.45, 2.75) is 45.1 Å². The van der Waals surface area contributed by atoms with Crippen molar-refractivity contribution in [1.82, 2.24) is 10.2 Å². The number of carbonyl (C=O) groups is 1. The molecule has 2 aromatic carbocycles. The highest BCUT2D eigenvalue weighted by Crippen LogP contribution is 2.44. The van der Waals surface area contributed by atoms with Crippen LogP contribution in [0.15, 0.2) is 36.4 Å². The van der Waals surface area contributed by atoms with Gasteiger partial charge in [-0.25, -0.2) is 0 Å². The maximum Gasteiger partial charge on any atom is 0.295 e. The number of alkyl halides is 2. The lowest BCUT2D eigenvalue weighted by Gasteiger charge is -2.20. The highest BCUT2D eigenvalue weighted by atomic mass is 19.3. The molecule has 32 heavy (non-hydrogen) atoms. The largest absolute Gasteiger partial charge is 0.390 e. The number of nitrogens with zero attached hydrogens (tertiary/aromatic N) is 3. The maximum absolute atomic E-state index is 13.9. The fraction of sp³-hybridized carbons (Fsp3) is 0.375. The Morgan fingerprint density at radius 3 is 2.59 bits per heavy atom. The van der Waals surface area contributed by atoms with Crippen LogP contribution in [0.25, 0.3) is 10.8 Å². The lowest BCUT2D eigenvalue weighted by atomic mass is 9.85. The van der Waals surface area contributed by atoms with E-state index in [0.29, 0.717) is 11.4 Å². The number of hydrogen-bond acceptors (Lipinski definition) is 5. The van der Waals surface area contributed by atoms with E-state index in [1.807, 2.05) is 39.8 Å². The lowest BCUT2D eigenvalue weighted by molar-refractivity contribution is -0.121. The maximum atomic E-state index is 13.9. The minimum Gasteiger partial charge on any atom is -0.390 e. The van der Waals surface area contributed by atoms with Crippen LogP contribution in [0.5, 0.6) is 0 Å². The Morgan fingerprint density at radius 1 is 1.19 bits per heavy atom. The number of halogens is 2. The van der Waals surface area contributed by atoms with Crippen molar-refractivity contribution >= 4 is 28.2 Å². The molecule has 0 bridgehead atoms. The molecule has 3 aromatic rings. The molecule has 168 valence electrons. The Balaban J connectivity index is 1.77. The Bertz CT molecular complexity index is 1230. The van der Waals surface area contributed by atoms with E-state index in [9.17, 15) is 13.6 Å². The molecule has 1 aromatic heterocycles. The third-order valence-corrected chi connectivity index (χ3v) is 6.32. The average Bonchev–Trinajstić information content (AvgIpc) is 2.94. The van der Waals surface area contributed by atoms with Gasteiger partial charge in [-0.15, -0.1) is 5.10 Å². The third kappa shape index (κ3) is 3.39. The number of aromatic nitrogens is 2. The molecule has 8 heteroatoms. The number of rotatable bonds is 5. The van der Waals surface area contributed by atoms with Crippen LogP contribution in [0.2, 0.25) is 0 Å². The Hall–Kier alpha value is -3.13. The molecule has 1 atom stereocenters. The summed E-state index contributed by atoms with van der Waals surface area (Å²) in [5.41, 5.74) is 2.21. The third-order valence-electron chi connectivity index (χ3n) is 6.32. The van der Waals surface area contributed by atoms with Gasteiger partial charge in [0.2, 0.25) is 5.91 Å². The minimum atomic E-state index is -3.31. The van der Waals surface area contributed by atoms with Crippen LogP contribution in [-0.4, -0.2) is 34.9 Å². The van der Waals surface area contributed by atoms with Gasteiger partial charge >= 0.3 is 0 Å². The van der Waals surface area contributed by atoms with E-state index in [1.54, 1.807) is 24.1 Å². The molecule has 0 saturated carbocycles. The van der Waals surface area contributed by atoms with E-state index < -0.39 is 17.9 Å². The number of aryl methyl sites for hydroxylation is 1. The predicted octanol–water partition coefficient (Wildman–Crippen LogP) is 4.45. The number of carbonyl (C=O) groups excluding carboxylic acids is 1. The first-order valence-corrected chi connectivity index (χ1v) is 10.4. The van der Waals surface area contributed by atoms with Crippen LogP contribution in [-0.2, 0) is 16.1 Å². The van der Waals surface area contributed by atoms with Crippen molar-refractivity contribution < 1.29 is 18.7 Å². The Morgan fingerprint density at radius 2 is 1.91 bits per heavy atom. The highest BCUT2D eigenvalue weighted by molar-refractivity contribution is 6.10. The topological polar surface area (TPSA) is 78.4 Å². The molecule has 6 nitrogen and oxygen atoms in total. The van der Waals surface area contributed by atoms with E-state index in [1.165, 1.54) is 12.1 Å². The van der Waals surface area contributed by atoms with Crippen molar-refractivity contribution in [3.8, 4) is 0 Å². The molecule has 1 amide bonds. The fourth-order valence-electron chi connectivity index (χ4n) is 4.26. The highest BCUT2D eigenvalue weighted by Gasteiger charge is 2.42. The Kier molecular flexibility index (Phi) is 5.16. The van der Waals surface area contributed by atoms with E-state index in [4.69, 9.17) is 5.11 Å². The molecule has 2 N–H and O–H groups in total. The zero-order valence-corrected chi connectivity index (χ0v) is 18.7. The minimum absolute atomic E-state index is 0.0193. The van der Waals surface area contributed by atoms with E-state index in [-0.39, 0.29) is 17.5 Å². The van der Waals surface area contributed by atoms with Crippen molar-refractivity contribution in [2.75, 3.05) is 23.9 Å². The molecule has 4 rings (SSSR count). The van der Waals surface area contributed by atoms with Gasteiger partial charge in [0.25, 0.3) is 5.92 Å². The van der Waals surface area contributed by atoms with Crippen molar-refractivity contribution in [2.24, 2.45) is 0 Å². The fourth-order valence-corrected chi connectivity index (χ4v) is 4.26. The van der Waals surface area contributed by atoms with Crippen molar-refractivity contribution in [3.05, 3.63) is 58.8 Å². The summed E-state index contributed by atoms with van der Waals surface area (Å²) < 4.78 is 27.9. The van der Waals surface area contributed by atoms with E-state index >= 15 is 0 Å². The van der Waals surface area contributed by atoms with Crippen LogP contribution in [0, 0.1) is 6.92 Å². The summed E-state index contributed by atoms with van der Waals surface area (Å²) >= 11 is 0. The van der Waals surface area contributed by atoms with Gasteiger partial charge in [0.15, 0.2) is 5.82 Å². The number of aliphatic hydroxyl groups is 1. The van der Waals surface area contributed by atoms with Crippen LogP contribution in [0.4, 0.5) is 20.3 Å². The van der Waals surface area contributed by atoms with Crippen LogP contribution in [0.3, 0.4) is 0 Å². The molecule has 0 fully saturated rings. The van der Waals surface area contributed by atoms with Gasteiger partial charge in [-0.1, -0.05) is 18.2 Å². The Labute approximate surface area is 185 Å². The molecule has 1 aliphatic heterocycles. The standard InChI is InChI=1S/C24H26F2N4O2/c1-13(15-7-6-8-16(9-15)24(25,26)12-31)27-21-18-10-19-20(11-17(18)14(2)28-29-21)30(5)22(32)23(19,3)4/h6-11,13,31H,12H2,1-5H3,(H,27,29)/t13-/m1/s1. The van der Waals surface area contributed by atoms with Crippen molar-refractivity contribution in [1.29, 1.82) is 0 Å². The number of amides is 1. The molecule has 0 unspecified atom stereocenters. The zero-order chi connectivity index (χ0) is 23.4. The summed E-state index contributed by atoms with van der Waals surface area (Å²) in [6.45, 7) is 6.25. The van der Waals surface area contributed by atoms with Gasteiger partial charge in [0, 0.05) is 29.1 Å². The number of fused-ring (bicyclic) bond motifs is 2. The first kappa shape index (κ1) is 22.1. The van der Waals surface area contributed by atoms with Gasteiger partial charge in [-0.05, 0) is 57.0 Å². The zero-order valence-electron chi connectivity index (χ0n) is 18.7. The number of nitrogens with one attached hydrogen (secondary N) is 1. The number of aliphatic hydroxyl groups excluding tert-OH is 1. The van der Waals surface area contributed by atoms with Gasteiger partial charge in [0.1, 0.15) is 6.61 Å². The number of anilines is 2. The number of benzene rings is 2. The summed E-state index contributed by atoms with van der Waals surface area (Å²) in [6.07, 6.45) is 0. The normalized spacial score (nSPS) is 16.4.